The minimum absolute atomic E-state index is 0.316. The number of halogens is 4. The third-order valence-electron chi connectivity index (χ3n) is 5.12. The number of hydrogen-bond acceptors (Lipinski definition) is 0. The molecule has 1 atom stereocenters. The van der Waals surface area contributed by atoms with Gasteiger partial charge in [-0.25, -0.2) is 0 Å². The number of pyridine rings is 1. The lowest BCUT2D eigenvalue weighted by atomic mass is 9.95. The van der Waals surface area contributed by atoms with Crippen molar-refractivity contribution in [3.8, 4) is 11.1 Å². The number of nitrogens with zero attached hydrogens (tertiary/aromatic N) is 1. The highest BCUT2D eigenvalue weighted by atomic mass is 19.5. The normalized spacial score (nSPS) is 12.5. The van der Waals surface area contributed by atoms with E-state index in [1.54, 1.807) is 0 Å². The highest BCUT2D eigenvalue weighted by molar-refractivity contribution is 6.50. The summed E-state index contributed by atoms with van der Waals surface area (Å²) >= 11 is 0. The molecule has 0 aliphatic carbocycles. The molecule has 3 rings (SSSR count). The van der Waals surface area contributed by atoms with Crippen molar-refractivity contribution in [3.05, 3.63) is 89.7 Å². The summed E-state index contributed by atoms with van der Waals surface area (Å²) in [6.45, 7) is 11.5. The molecule has 166 valence electrons. The lowest BCUT2D eigenvalue weighted by Gasteiger charge is -2.20. The first-order chi connectivity index (χ1) is 14.5. The largest absolute Gasteiger partial charge is 0.673 e. The average molecular weight is 431 g/mol. The highest BCUT2D eigenvalue weighted by Gasteiger charge is 2.29. The molecule has 0 N–H and O–H groups in total. The van der Waals surface area contributed by atoms with Crippen LogP contribution in [0, 0.1) is 0 Å². The third kappa shape index (κ3) is 7.23. The van der Waals surface area contributed by atoms with Crippen LogP contribution in [0.1, 0.15) is 69.4 Å². The fraction of sp³-hybridized carbons (Fsp3) is 0.320. The Hall–Kier alpha value is -2.63. The van der Waals surface area contributed by atoms with Crippen LogP contribution >= 0.6 is 0 Å². The van der Waals surface area contributed by atoms with E-state index >= 15 is 0 Å². The molecule has 0 radical (unpaired) electrons. The molecule has 1 aromatic heterocycles. The Kier molecular flexibility index (Phi) is 8.43. The van der Waals surface area contributed by atoms with Crippen LogP contribution in [0.2, 0.25) is 0 Å². The molecular formula is C25H30BF4N. The van der Waals surface area contributed by atoms with Crippen molar-refractivity contribution in [2.45, 2.75) is 52.5 Å². The first-order valence-corrected chi connectivity index (χ1v) is 10.6. The average Bonchev–Trinajstić information content (AvgIpc) is 2.72. The standard InChI is InChI=1S/C25H30N.BF4/c1-18(2)24-16-23(22-14-10-7-11-15-22)17-25(19(3)4)26(24)20(5)21-12-8-6-9-13-21;2-1(3,4)5/h6-20H,1-5H3;/q+1;-1. The van der Waals surface area contributed by atoms with Crippen LogP contribution < -0.4 is 4.57 Å². The van der Waals surface area contributed by atoms with E-state index < -0.39 is 7.25 Å². The van der Waals surface area contributed by atoms with E-state index in [-0.39, 0.29) is 0 Å². The van der Waals surface area contributed by atoms with Gasteiger partial charge in [0.05, 0.1) is 0 Å². The van der Waals surface area contributed by atoms with Gasteiger partial charge in [0, 0.05) is 36.5 Å². The van der Waals surface area contributed by atoms with Crippen LogP contribution in [0.25, 0.3) is 11.1 Å². The zero-order chi connectivity index (χ0) is 23.2. The van der Waals surface area contributed by atoms with Crippen molar-refractivity contribution in [2.24, 2.45) is 0 Å². The number of benzene rings is 2. The second kappa shape index (κ2) is 10.6. The molecule has 3 aromatic rings. The van der Waals surface area contributed by atoms with Crippen molar-refractivity contribution in [1.29, 1.82) is 0 Å². The second-order valence-electron chi connectivity index (χ2n) is 8.22. The smallest absolute Gasteiger partial charge is 0.418 e. The number of aromatic nitrogens is 1. The van der Waals surface area contributed by atoms with E-state index in [1.165, 1.54) is 28.1 Å². The maximum atomic E-state index is 9.75. The van der Waals surface area contributed by atoms with Gasteiger partial charge < -0.3 is 17.3 Å². The summed E-state index contributed by atoms with van der Waals surface area (Å²) in [5.74, 6) is 0.921. The molecule has 2 aromatic carbocycles. The highest BCUT2D eigenvalue weighted by Crippen LogP contribution is 2.28. The van der Waals surface area contributed by atoms with Gasteiger partial charge in [0.25, 0.3) is 0 Å². The van der Waals surface area contributed by atoms with Gasteiger partial charge in [0.1, 0.15) is 0 Å². The molecule has 0 saturated heterocycles. The zero-order valence-electron chi connectivity index (χ0n) is 18.7. The second-order valence-corrected chi connectivity index (χ2v) is 8.22. The molecule has 0 spiro atoms. The topological polar surface area (TPSA) is 3.88 Å². The van der Waals surface area contributed by atoms with Crippen molar-refractivity contribution in [1.82, 2.24) is 0 Å². The Morgan fingerprint density at radius 1 is 0.613 bits per heavy atom. The Balaban J connectivity index is 0.000000614. The fourth-order valence-electron chi connectivity index (χ4n) is 3.66. The maximum Gasteiger partial charge on any atom is 0.673 e. The predicted octanol–water partition coefficient (Wildman–Crippen LogP) is 7.80. The van der Waals surface area contributed by atoms with Crippen LogP contribution in [0.4, 0.5) is 17.3 Å². The van der Waals surface area contributed by atoms with Crippen molar-refractivity contribution in [3.63, 3.8) is 0 Å². The first-order valence-electron chi connectivity index (χ1n) is 10.6. The molecule has 6 heteroatoms. The van der Waals surface area contributed by atoms with E-state index in [4.69, 9.17) is 0 Å². The first kappa shape index (κ1) is 24.6. The van der Waals surface area contributed by atoms with Gasteiger partial charge in [-0.15, -0.1) is 0 Å². The van der Waals surface area contributed by atoms with E-state index in [2.05, 4.69) is 112 Å². The summed E-state index contributed by atoms with van der Waals surface area (Å²) in [7, 11) is -6.00. The molecular weight excluding hydrogens is 401 g/mol. The lowest BCUT2D eigenvalue weighted by Crippen LogP contribution is -2.47. The van der Waals surface area contributed by atoms with Crippen LogP contribution in [0.3, 0.4) is 0 Å². The summed E-state index contributed by atoms with van der Waals surface area (Å²) in [5.41, 5.74) is 6.75. The van der Waals surface area contributed by atoms with Gasteiger partial charge in [-0.05, 0) is 11.1 Å². The van der Waals surface area contributed by atoms with Gasteiger partial charge in [0.15, 0.2) is 17.4 Å². The molecule has 0 bridgehead atoms. The van der Waals surface area contributed by atoms with Gasteiger partial charge >= 0.3 is 7.25 Å². The van der Waals surface area contributed by atoms with E-state index in [9.17, 15) is 17.3 Å². The Labute approximate surface area is 182 Å². The summed E-state index contributed by atoms with van der Waals surface area (Å²) < 4.78 is 41.6. The molecule has 0 fully saturated rings. The van der Waals surface area contributed by atoms with E-state index in [0.717, 1.165) is 0 Å². The SMILES string of the molecule is CC(C)c1cc(-c2ccccc2)cc(C(C)C)[n+]1C(C)c1ccccc1.F[B-](F)(F)F. The summed E-state index contributed by atoms with van der Waals surface area (Å²) in [5, 5.41) is 0. The van der Waals surface area contributed by atoms with Gasteiger partial charge in [-0.3, -0.25) is 0 Å². The molecule has 0 aliphatic rings. The van der Waals surface area contributed by atoms with Crippen LogP contribution in [-0.4, -0.2) is 7.25 Å². The maximum absolute atomic E-state index is 9.75. The Bertz CT molecular complexity index is 919. The van der Waals surface area contributed by atoms with Crippen molar-refractivity contribution >= 4 is 7.25 Å². The predicted molar refractivity (Wildman–Crippen MR) is 121 cm³/mol. The summed E-state index contributed by atoms with van der Waals surface area (Å²) in [6.07, 6.45) is 0. The lowest BCUT2D eigenvalue weighted by molar-refractivity contribution is -0.726. The van der Waals surface area contributed by atoms with Gasteiger partial charge in [0.2, 0.25) is 0 Å². The van der Waals surface area contributed by atoms with E-state index in [0.29, 0.717) is 17.9 Å². The van der Waals surface area contributed by atoms with Crippen molar-refractivity contribution < 1.29 is 21.8 Å². The molecule has 1 nitrogen and oxygen atoms in total. The number of hydrogen-bond donors (Lipinski definition) is 0. The van der Waals surface area contributed by atoms with Crippen molar-refractivity contribution in [2.75, 3.05) is 0 Å². The number of rotatable bonds is 5. The minimum atomic E-state index is -6.00. The fourth-order valence-corrected chi connectivity index (χ4v) is 3.66. The quantitative estimate of drug-likeness (QED) is 0.221. The monoisotopic (exact) mass is 431 g/mol. The Morgan fingerprint density at radius 2 is 1.00 bits per heavy atom. The Morgan fingerprint density at radius 3 is 1.39 bits per heavy atom. The van der Waals surface area contributed by atoms with Crippen LogP contribution in [-0.2, 0) is 0 Å². The molecule has 31 heavy (non-hydrogen) atoms. The van der Waals surface area contributed by atoms with Gasteiger partial charge in [-0.2, -0.15) is 4.57 Å². The van der Waals surface area contributed by atoms with Gasteiger partial charge in [-0.1, -0.05) is 88.4 Å². The third-order valence-corrected chi connectivity index (χ3v) is 5.12. The van der Waals surface area contributed by atoms with Crippen LogP contribution in [0.15, 0.2) is 72.8 Å². The summed E-state index contributed by atoms with van der Waals surface area (Å²) in [6, 6.07) is 26.6. The molecule has 0 amide bonds. The molecule has 0 aliphatic heterocycles. The van der Waals surface area contributed by atoms with E-state index in [1.807, 2.05) is 0 Å². The zero-order valence-corrected chi connectivity index (χ0v) is 18.7. The van der Waals surface area contributed by atoms with Crippen LogP contribution in [0.5, 0.6) is 0 Å². The summed E-state index contributed by atoms with van der Waals surface area (Å²) in [4.78, 5) is 0. The molecule has 1 heterocycles. The molecule has 1 unspecified atom stereocenters. The molecule has 0 saturated carbocycles. The minimum Gasteiger partial charge on any atom is -0.418 e.